The lowest BCUT2D eigenvalue weighted by molar-refractivity contribution is 0.0943. The molecule has 2 heterocycles. The van der Waals surface area contributed by atoms with Crippen molar-refractivity contribution in [3.05, 3.63) is 107 Å². The van der Waals surface area contributed by atoms with Crippen molar-refractivity contribution >= 4 is 16.7 Å². The maximum Gasteiger partial charge on any atom is 0.186 e. The molecule has 1 atom stereocenters. The standard InChI is InChI=1S/C28H29N3O/c32-28(25-19-29-26-15-7-6-14-24(25)26)27(21-10-2-1-3-11-21)30-18-22-12-4-5-13-23(22)20-31-16-8-9-17-31/h1-7,10-15,19,27,29-30H,8-9,16-18,20H2. The van der Waals surface area contributed by atoms with Crippen molar-refractivity contribution in [3.8, 4) is 0 Å². The van der Waals surface area contributed by atoms with E-state index in [0.717, 1.165) is 28.6 Å². The second-order valence-corrected chi connectivity index (χ2v) is 8.59. The van der Waals surface area contributed by atoms with E-state index in [-0.39, 0.29) is 5.78 Å². The number of ketones is 1. The number of hydrogen-bond donors (Lipinski definition) is 2. The van der Waals surface area contributed by atoms with Crippen LogP contribution in [0.25, 0.3) is 10.9 Å². The fourth-order valence-electron chi connectivity index (χ4n) is 4.72. The number of aromatic amines is 1. The van der Waals surface area contributed by atoms with Crippen LogP contribution in [0.1, 0.15) is 45.9 Å². The summed E-state index contributed by atoms with van der Waals surface area (Å²) in [4.78, 5) is 19.5. The van der Waals surface area contributed by atoms with Crippen LogP contribution in [0, 0.1) is 0 Å². The van der Waals surface area contributed by atoms with Gasteiger partial charge in [-0.25, -0.2) is 0 Å². The van der Waals surface area contributed by atoms with Crippen molar-refractivity contribution in [3.63, 3.8) is 0 Å². The molecular weight excluding hydrogens is 394 g/mol. The molecule has 4 aromatic rings. The fourth-order valence-corrected chi connectivity index (χ4v) is 4.72. The van der Waals surface area contributed by atoms with Crippen molar-refractivity contribution in [2.75, 3.05) is 13.1 Å². The summed E-state index contributed by atoms with van der Waals surface area (Å²) in [5.41, 5.74) is 5.30. The van der Waals surface area contributed by atoms with E-state index in [4.69, 9.17) is 0 Å². The van der Waals surface area contributed by atoms with E-state index in [2.05, 4.69) is 39.5 Å². The van der Waals surface area contributed by atoms with Gasteiger partial charge in [0.05, 0.1) is 6.04 Å². The Morgan fingerprint density at radius 2 is 1.56 bits per heavy atom. The van der Waals surface area contributed by atoms with Gasteiger partial charge in [-0.05, 0) is 48.7 Å². The zero-order valence-electron chi connectivity index (χ0n) is 18.3. The summed E-state index contributed by atoms with van der Waals surface area (Å²) in [6.07, 6.45) is 4.41. The first kappa shape index (κ1) is 20.7. The van der Waals surface area contributed by atoms with Gasteiger partial charge < -0.3 is 4.98 Å². The summed E-state index contributed by atoms with van der Waals surface area (Å²) < 4.78 is 0. The monoisotopic (exact) mass is 423 g/mol. The fraction of sp³-hybridized carbons (Fsp3) is 0.250. The molecule has 1 saturated heterocycles. The first-order valence-corrected chi connectivity index (χ1v) is 11.5. The first-order chi connectivity index (χ1) is 15.8. The molecule has 4 heteroatoms. The summed E-state index contributed by atoms with van der Waals surface area (Å²) in [7, 11) is 0. The summed E-state index contributed by atoms with van der Waals surface area (Å²) in [5, 5.41) is 4.56. The number of carbonyl (C=O) groups is 1. The Morgan fingerprint density at radius 3 is 2.38 bits per heavy atom. The molecule has 1 aromatic heterocycles. The van der Waals surface area contributed by atoms with Gasteiger partial charge in [-0.2, -0.15) is 0 Å². The lowest BCUT2D eigenvalue weighted by atomic mass is 9.96. The molecule has 0 bridgehead atoms. The van der Waals surface area contributed by atoms with Gasteiger partial charge in [0.25, 0.3) is 0 Å². The quantitative estimate of drug-likeness (QED) is 0.369. The molecule has 0 spiro atoms. The number of fused-ring (bicyclic) bond motifs is 1. The molecule has 0 radical (unpaired) electrons. The molecule has 0 aliphatic carbocycles. The van der Waals surface area contributed by atoms with Crippen LogP contribution in [0.15, 0.2) is 85.1 Å². The third-order valence-electron chi connectivity index (χ3n) is 6.46. The van der Waals surface area contributed by atoms with Crippen molar-refractivity contribution < 1.29 is 4.79 Å². The molecule has 162 valence electrons. The SMILES string of the molecule is O=C(c1c[nH]c2ccccc12)C(NCc1ccccc1CN1CCCC1)c1ccccc1. The highest BCUT2D eigenvalue weighted by atomic mass is 16.1. The van der Waals surface area contributed by atoms with Crippen LogP contribution in [0.5, 0.6) is 0 Å². The normalized spacial score (nSPS) is 15.2. The predicted octanol–water partition coefficient (Wildman–Crippen LogP) is 5.48. The van der Waals surface area contributed by atoms with Crippen LogP contribution in [-0.4, -0.2) is 28.8 Å². The van der Waals surface area contributed by atoms with E-state index >= 15 is 0 Å². The van der Waals surface area contributed by atoms with Gasteiger partial charge in [0.1, 0.15) is 0 Å². The lowest BCUT2D eigenvalue weighted by Gasteiger charge is -2.21. The molecule has 3 aromatic carbocycles. The Labute approximate surface area is 189 Å². The number of aromatic nitrogens is 1. The summed E-state index contributed by atoms with van der Waals surface area (Å²) in [5.74, 6) is 0.0886. The highest BCUT2D eigenvalue weighted by Crippen LogP contribution is 2.25. The Hall–Kier alpha value is -3.21. The van der Waals surface area contributed by atoms with Gasteiger partial charge in [-0.15, -0.1) is 0 Å². The lowest BCUT2D eigenvalue weighted by Crippen LogP contribution is -2.29. The average Bonchev–Trinajstić information content (AvgIpc) is 3.51. The molecule has 0 amide bonds. The zero-order chi connectivity index (χ0) is 21.8. The van der Waals surface area contributed by atoms with Crippen molar-refractivity contribution in [1.29, 1.82) is 0 Å². The van der Waals surface area contributed by atoms with E-state index in [1.54, 1.807) is 0 Å². The van der Waals surface area contributed by atoms with E-state index in [0.29, 0.717) is 6.54 Å². The summed E-state index contributed by atoms with van der Waals surface area (Å²) in [6, 6.07) is 26.2. The van der Waals surface area contributed by atoms with Crippen LogP contribution >= 0.6 is 0 Å². The minimum Gasteiger partial charge on any atom is -0.360 e. The number of Topliss-reactive ketones (excluding diaryl/α,β-unsaturated/α-hetero) is 1. The number of rotatable bonds is 8. The minimum absolute atomic E-state index is 0.0886. The Morgan fingerprint density at radius 1 is 0.875 bits per heavy atom. The maximum atomic E-state index is 13.7. The van der Waals surface area contributed by atoms with Crippen LogP contribution in [0.2, 0.25) is 0 Å². The van der Waals surface area contributed by atoms with Crippen molar-refractivity contribution in [2.45, 2.75) is 32.0 Å². The van der Waals surface area contributed by atoms with Gasteiger partial charge >= 0.3 is 0 Å². The van der Waals surface area contributed by atoms with E-state index in [1.807, 2.05) is 60.8 Å². The number of hydrogen-bond acceptors (Lipinski definition) is 3. The molecule has 1 unspecified atom stereocenters. The Kier molecular flexibility index (Phi) is 6.15. The van der Waals surface area contributed by atoms with Gasteiger partial charge in [0.15, 0.2) is 5.78 Å². The third kappa shape index (κ3) is 4.38. The molecule has 2 N–H and O–H groups in total. The average molecular weight is 424 g/mol. The number of nitrogens with zero attached hydrogens (tertiary/aromatic N) is 1. The number of H-pyrrole nitrogens is 1. The van der Waals surface area contributed by atoms with Gasteiger partial charge in [0.2, 0.25) is 0 Å². The summed E-state index contributed by atoms with van der Waals surface area (Å²) >= 11 is 0. The molecule has 1 aliphatic rings. The van der Waals surface area contributed by atoms with Gasteiger partial charge in [-0.3, -0.25) is 15.0 Å². The van der Waals surface area contributed by atoms with E-state index in [1.165, 1.54) is 37.1 Å². The van der Waals surface area contributed by atoms with E-state index in [9.17, 15) is 4.79 Å². The first-order valence-electron chi connectivity index (χ1n) is 11.5. The van der Waals surface area contributed by atoms with E-state index < -0.39 is 6.04 Å². The maximum absolute atomic E-state index is 13.7. The minimum atomic E-state index is -0.407. The molecular formula is C28H29N3O. The number of para-hydroxylation sites is 1. The number of likely N-dealkylation sites (tertiary alicyclic amines) is 1. The molecule has 1 aliphatic heterocycles. The Balaban J connectivity index is 1.41. The van der Waals surface area contributed by atoms with Crippen molar-refractivity contribution in [1.82, 2.24) is 15.2 Å². The second-order valence-electron chi connectivity index (χ2n) is 8.59. The smallest absolute Gasteiger partial charge is 0.186 e. The van der Waals surface area contributed by atoms with Crippen molar-refractivity contribution in [2.24, 2.45) is 0 Å². The highest BCUT2D eigenvalue weighted by molar-refractivity contribution is 6.10. The molecule has 5 rings (SSSR count). The zero-order valence-corrected chi connectivity index (χ0v) is 18.3. The second kappa shape index (κ2) is 9.51. The molecule has 4 nitrogen and oxygen atoms in total. The largest absolute Gasteiger partial charge is 0.360 e. The van der Waals surface area contributed by atoms with Crippen LogP contribution in [0.3, 0.4) is 0 Å². The van der Waals surface area contributed by atoms with Gasteiger partial charge in [-0.1, -0.05) is 72.8 Å². The number of benzene rings is 3. The predicted molar refractivity (Wildman–Crippen MR) is 130 cm³/mol. The highest BCUT2D eigenvalue weighted by Gasteiger charge is 2.24. The topological polar surface area (TPSA) is 48.1 Å². The number of carbonyl (C=O) groups excluding carboxylic acids is 1. The Bertz CT molecular complexity index is 1190. The third-order valence-corrected chi connectivity index (χ3v) is 6.46. The van der Waals surface area contributed by atoms with Crippen LogP contribution < -0.4 is 5.32 Å². The van der Waals surface area contributed by atoms with Crippen LogP contribution in [0.4, 0.5) is 0 Å². The van der Waals surface area contributed by atoms with Gasteiger partial charge in [0, 0.05) is 35.8 Å². The van der Waals surface area contributed by atoms with Crippen LogP contribution in [-0.2, 0) is 13.1 Å². The number of nitrogens with one attached hydrogen (secondary N) is 2. The molecule has 0 saturated carbocycles. The molecule has 1 fully saturated rings. The molecule has 32 heavy (non-hydrogen) atoms. The summed E-state index contributed by atoms with van der Waals surface area (Å²) in [6.45, 7) is 3.98.